The van der Waals surface area contributed by atoms with E-state index in [1.807, 2.05) is 29.6 Å². The molecule has 1 aromatic carbocycles. The third-order valence-electron chi connectivity index (χ3n) is 4.06. The SMILES string of the molecule is CC1(C)CSCC(NC2CCSc3ccc(F)cc32)C1. The van der Waals surface area contributed by atoms with Crippen LogP contribution in [0.15, 0.2) is 23.1 Å². The van der Waals surface area contributed by atoms with Crippen molar-refractivity contribution in [2.45, 2.75) is 43.7 Å². The van der Waals surface area contributed by atoms with E-state index in [2.05, 4.69) is 19.2 Å². The summed E-state index contributed by atoms with van der Waals surface area (Å²) in [5.41, 5.74) is 1.57. The summed E-state index contributed by atoms with van der Waals surface area (Å²) in [5, 5.41) is 3.80. The molecule has 1 nitrogen and oxygen atoms in total. The number of thioether (sulfide) groups is 2. The molecule has 2 atom stereocenters. The van der Waals surface area contributed by atoms with Gasteiger partial charge in [0, 0.05) is 22.7 Å². The number of rotatable bonds is 2. The topological polar surface area (TPSA) is 12.0 Å². The van der Waals surface area contributed by atoms with Crippen LogP contribution in [0.2, 0.25) is 0 Å². The van der Waals surface area contributed by atoms with Crippen molar-refractivity contribution in [2.75, 3.05) is 17.3 Å². The van der Waals surface area contributed by atoms with Crippen molar-refractivity contribution in [3.8, 4) is 0 Å². The maximum Gasteiger partial charge on any atom is 0.123 e. The highest BCUT2D eigenvalue weighted by Gasteiger charge is 2.31. The fraction of sp³-hybridized carbons (Fsp3) is 0.625. The standard InChI is InChI=1S/C16H22FNS2/c1-16(2)8-12(9-19-10-16)18-14-5-6-20-15-4-3-11(17)7-13(14)15/h3-4,7,12,14,18H,5-6,8-10H2,1-2H3. The van der Waals surface area contributed by atoms with E-state index in [0.29, 0.717) is 17.5 Å². The van der Waals surface area contributed by atoms with Gasteiger partial charge in [-0.15, -0.1) is 11.8 Å². The smallest absolute Gasteiger partial charge is 0.123 e. The molecule has 0 radical (unpaired) electrons. The van der Waals surface area contributed by atoms with E-state index >= 15 is 0 Å². The lowest BCUT2D eigenvalue weighted by Crippen LogP contribution is -2.42. The summed E-state index contributed by atoms with van der Waals surface area (Å²) in [4.78, 5) is 1.25. The number of hydrogen-bond acceptors (Lipinski definition) is 3. The lowest BCUT2D eigenvalue weighted by Gasteiger charge is -2.38. The predicted octanol–water partition coefficient (Wildman–Crippen LogP) is 4.48. The summed E-state index contributed by atoms with van der Waals surface area (Å²) in [6.07, 6.45) is 2.32. The molecule has 3 rings (SSSR count). The van der Waals surface area contributed by atoms with E-state index in [0.717, 1.165) is 17.7 Å². The van der Waals surface area contributed by atoms with Crippen molar-refractivity contribution in [3.05, 3.63) is 29.6 Å². The fourth-order valence-electron chi connectivity index (χ4n) is 3.19. The minimum Gasteiger partial charge on any atom is -0.306 e. The van der Waals surface area contributed by atoms with Gasteiger partial charge in [-0.2, -0.15) is 11.8 Å². The van der Waals surface area contributed by atoms with Crippen molar-refractivity contribution in [1.29, 1.82) is 0 Å². The van der Waals surface area contributed by atoms with Gasteiger partial charge in [0.05, 0.1) is 0 Å². The molecule has 2 aliphatic heterocycles. The highest BCUT2D eigenvalue weighted by molar-refractivity contribution is 7.99. The largest absolute Gasteiger partial charge is 0.306 e. The summed E-state index contributed by atoms with van der Waals surface area (Å²) in [5.74, 6) is 3.44. The highest BCUT2D eigenvalue weighted by Crippen LogP contribution is 2.39. The van der Waals surface area contributed by atoms with Crippen molar-refractivity contribution < 1.29 is 4.39 Å². The van der Waals surface area contributed by atoms with E-state index in [9.17, 15) is 4.39 Å². The van der Waals surface area contributed by atoms with Crippen LogP contribution in [0, 0.1) is 11.2 Å². The van der Waals surface area contributed by atoms with Gasteiger partial charge in [-0.3, -0.25) is 0 Å². The highest BCUT2D eigenvalue weighted by atomic mass is 32.2. The molecule has 20 heavy (non-hydrogen) atoms. The Balaban J connectivity index is 1.74. The lowest BCUT2D eigenvalue weighted by atomic mass is 9.87. The molecule has 0 amide bonds. The zero-order chi connectivity index (χ0) is 14.2. The Kier molecular flexibility index (Phi) is 4.34. The van der Waals surface area contributed by atoms with Crippen LogP contribution in [0.3, 0.4) is 0 Å². The van der Waals surface area contributed by atoms with Crippen molar-refractivity contribution in [2.24, 2.45) is 5.41 Å². The van der Waals surface area contributed by atoms with Gasteiger partial charge < -0.3 is 5.32 Å². The molecule has 4 heteroatoms. The Morgan fingerprint density at radius 2 is 2.20 bits per heavy atom. The van der Waals surface area contributed by atoms with Gasteiger partial charge in [-0.25, -0.2) is 4.39 Å². The summed E-state index contributed by atoms with van der Waals surface area (Å²) < 4.78 is 13.5. The Morgan fingerprint density at radius 3 is 3.00 bits per heavy atom. The molecule has 2 aliphatic rings. The number of benzene rings is 1. The first-order chi connectivity index (χ1) is 9.53. The van der Waals surface area contributed by atoms with Gasteiger partial charge in [-0.05, 0) is 53.5 Å². The molecule has 1 aromatic rings. The molecule has 0 spiro atoms. The zero-order valence-electron chi connectivity index (χ0n) is 12.1. The number of fused-ring (bicyclic) bond motifs is 1. The van der Waals surface area contributed by atoms with Crippen LogP contribution in [-0.4, -0.2) is 23.3 Å². The molecule has 0 aromatic heterocycles. The molecule has 1 N–H and O–H groups in total. The van der Waals surface area contributed by atoms with Gasteiger partial charge >= 0.3 is 0 Å². The summed E-state index contributed by atoms with van der Waals surface area (Å²) in [7, 11) is 0. The van der Waals surface area contributed by atoms with Crippen LogP contribution in [-0.2, 0) is 0 Å². The number of hydrogen-bond donors (Lipinski definition) is 1. The van der Waals surface area contributed by atoms with Crippen molar-refractivity contribution in [1.82, 2.24) is 5.32 Å². The third kappa shape index (κ3) is 3.34. The zero-order valence-corrected chi connectivity index (χ0v) is 13.7. The monoisotopic (exact) mass is 311 g/mol. The Hall–Kier alpha value is -0.190. The Labute approximate surface area is 129 Å². The molecule has 0 aliphatic carbocycles. The summed E-state index contributed by atoms with van der Waals surface area (Å²) in [6.45, 7) is 4.69. The van der Waals surface area contributed by atoms with E-state index < -0.39 is 0 Å². The maximum absolute atomic E-state index is 13.5. The average Bonchev–Trinajstić information content (AvgIpc) is 2.38. The normalized spacial score (nSPS) is 28.9. The van der Waals surface area contributed by atoms with E-state index in [4.69, 9.17) is 0 Å². The van der Waals surface area contributed by atoms with Gasteiger partial charge in [0.1, 0.15) is 5.82 Å². The second kappa shape index (κ2) is 5.90. The van der Waals surface area contributed by atoms with E-state index in [1.54, 1.807) is 12.1 Å². The van der Waals surface area contributed by atoms with Crippen LogP contribution < -0.4 is 5.32 Å². The lowest BCUT2D eigenvalue weighted by molar-refractivity contribution is 0.297. The second-order valence-corrected chi connectivity index (χ2v) is 8.79. The third-order valence-corrected chi connectivity index (χ3v) is 6.81. The number of halogens is 1. The van der Waals surface area contributed by atoms with Crippen LogP contribution in [0.25, 0.3) is 0 Å². The predicted molar refractivity (Wildman–Crippen MR) is 87.1 cm³/mol. The molecule has 2 heterocycles. The quantitative estimate of drug-likeness (QED) is 0.864. The molecular formula is C16H22FNS2. The summed E-state index contributed by atoms with van der Waals surface area (Å²) >= 11 is 3.89. The minimum atomic E-state index is -0.114. The van der Waals surface area contributed by atoms with Gasteiger partial charge in [0.15, 0.2) is 0 Å². The first-order valence-corrected chi connectivity index (χ1v) is 9.44. The summed E-state index contributed by atoms with van der Waals surface area (Å²) in [6, 6.07) is 6.10. The molecule has 1 fully saturated rings. The van der Waals surface area contributed by atoms with Crippen molar-refractivity contribution in [3.63, 3.8) is 0 Å². The average molecular weight is 311 g/mol. The first kappa shape index (κ1) is 14.7. The molecular weight excluding hydrogens is 289 g/mol. The van der Waals surface area contributed by atoms with Crippen molar-refractivity contribution >= 4 is 23.5 Å². The van der Waals surface area contributed by atoms with Crippen LogP contribution in [0.4, 0.5) is 4.39 Å². The van der Waals surface area contributed by atoms with E-state index in [1.165, 1.54) is 22.8 Å². The Morgan fingerprint density at radius 1 is 1.35 bits per heavy atom. The van der Waals surface area contributed by atoms with E-state index in [-0.39, 0.29) is 5.82 Å². The van der Waals surface area contributed by atoms with Crippen LogP contribution >= 0.6 is 23.5 Å². The maximum atomic E-state index is 13.5. The van der Waals surface area contributed by atoms with Gasteiger partial charge in [-0.1, -0.05) is 13.8 Å². The second-order valence-electron chi connectivity index (χ2n) is 6.62. The minimum absolute atomic E-state index is 0.114. The fourth-order valence-corrected chi connectivity index (χ4v) is 5.58. The molecule has 0 saturated carbocycles. The van der Waals surface area contributed by atoms with Crippen LogP contribution in [0.1, 0.15) is 38.3 Å². The van der Waals surface area contributed by atoms with Crippen LogP contribution in [0.5, 0.6) is 0 Å². The first-order valence-electron chi connectivity index (χ1n) is 7.30. The molecule has 0 bridgehead atoms. The molecule has 1 saturated heterocycles. The van der Waals surface area contributed by atoms with Gasteiger partial charge in [0.2, 0.25) is 0 Å². The van der Waals surface area contributed by atoms with Gasteiger partial charge in [0.25, 0.3) is 0 Å². The molecule has 110 valence electrons. The Bertz CT molecular complexity index is 489. The molecule has 2 unspecified atom stereocenters. The number of nitrogens with one attached hydrogen (secondary N) is 1.